The highest BCUT2D eigenvalue weighted by molar-refractivity contribution is 6.35. The van der Waals surface area contributed by atoms with Crippen molar-refractivity contribution < 1.29 is 19.1 Å². The maximum absolute atomic E-state index is 11.6. The van der Waals surface area contributed by atoms with Gasteiger partial charge in [0.2, 0.25) is 0 Å². The third-order valence-corrected chi connectivity index (χ3v) is 3.00. The van der Waals surface area contributed by atoms with Crippen LogP contribution in [0.2, 0.25) is 0 Å². The number of hydrazone groups is 1. The second-order valence-corrected chi connectivity index (χ2v) is 4.56. The monoisotopic (exact) mass is 307 g/mol. The van der Waals surface area contributed by atoms with Gasteiger partial charge in [-0.05, 0) is 25.5 Å². The van der Waals surface area contributed by atoms with Crippen LogP contribution >= 0.6 is 0 Å². The summed E-state index contributed by atoms with van der Waals surface area (Å²) >= 11 is 0. The molecule has 1 aromatic rings. The Hall–Kier alpha value is -2.57. The molecular formula is C15H21N3O4. The average molecular weight is 307 g/mol. The van der Waals surface area contributed by atoms with Gasteiger partial charge in [0.25, 0.3) is 0 Å². The molecule has 22 heavy (non-hydrogen) atoms. The van der Waals surface area contributed by atoms with Gasteiger partial charge >= 0.3 is 11.8 Å². The van der Waals surface area contributed by atoms with Crippen LogP contribution in [0.5, 0.6) is 11.5 Å². The maximum atomic E-state index is 11.6. The van der Waals surface area contributed by atoms with E-state index in [1.165, 1.54) is 20.4 Å². The Labute approximate surface area is 129 Å². The van der Waals surface area contributed by atoms with Crippen LogP contribution in [0.4, 0.5) is 0 Å². The van der Waals surface area contributed by atoms with E-state index in [2.05, 4.69) is 15.8 Å². The fourth-order valence-corrected chi connectivity index (χ4v) is 1.62. The molecule has 0 aliphatic rings. The molecule has 0 fully saturated rings. The molecule has 1 rings (SSSR count). The molecule has 0 aliphatic carbocycles. The Kier molecular flexibility index (Phi) is 6.88. The topological polar surface area (TPSA) is 89.0 Å². The van der Waals surface area contributed by atoms with Crippen molar-refractivity contribution in [3.8, 4) is 11.5 Å². The van der Waals surface area contributed by atoms with Crippen LogP contribution in [0.1, 0.15) is 25.8 Å². The highest BCUT2D eigenvalue weighted by Crippen LogP contribution is 2.29. The summed E-state index contributed by atoms with van der Waals surface area (Å²) in [5, 5.41) is 6.31. The molecular weight excluding hydrogens is 286 g/mol. The Morgan fingerprint density at radius 3 is 2.59 bits per heavy atom. The van der Waals surface area contributed by atoms with E-state index in [0.717, 1.165) is 6.42 Å². The molecule has 0 unspecified atom stereocenters. The van der Waals surface area contributed by atoms with E-state index in [4.69, 9.17) is 9.47 Å². The minimum atomic E-state index is -0.821. The van der Waals surface area contributed by atoms with E-state index in [9.17, 15) is 9.59 Å². The number of para-hydroxylation sites is 1. The number of nitrogens with zero attached hydrogens (tertiary/aromatic N) is 1. The summed E-state index contributed by atoms with van der Waals surface area (Å²) in [6, 6.07) is 5.19. The van der Waals surface area contributed by atoms with Crippen LogP contribution in [0.15, 0.2) is 23.3 Å². The van der Waals surface area contributed by atoms with Gasteiger partial charge in [0.15, 0.2) is 11.5 Å². The summed E-state index contributed by atoms with van der Waals surface area (Å²) in [6.45, 7) is 3.73. The summed E-state index contributed by atoms with van der Waals surface area (Å²) in [7, 11) is 3.03. The van der Waals surface area contributed by atoms with Gasteiger partial charge in [-0.1, -0.05) is 13.0 Å². The summed E-state index contributed by atoms with van der Waals surface area (Å²) < 4.78 is 10.4. The van der Waals surface area contributed by atoms with Crippen molar-refractivity contribution >= 4 is 18.0 Å². The van der Waals surface area contributed by atoms with Crippen LogP contribution in [-0.2, 0) is 9.59 Å². The van der Waals surface area contributed by atoms with Gasteiger partial charge in [-0.2, -0.15) is 5.10 Å². The van der Waals surface area contributed by atoms with E-state index in [1.807, 2.05) is 13.8 Å². The van der Waals surface area contributed by atoms with Crippen LogP contribution in [-0.4, -0.2) is 38.3 Å². The lowest BCUT2D eigenvalue weighted by Gasteiger charge is -2.10. The van der Waals surface area contributed by atoms with Crippen molar-refractivity contribution in [1.29, 1.82) is 0 Å². The first-order chi connectivity index (χ1) is 10.5. The first-order valence-electron chi connectivity index (χ1n) is 6.88. The van der Waals surface area contributed by atoms with Crippen molar-refractivity contribution in [2.75, 3.05) is 14.2 Å². The first kappa shape index (κ1) is 17.5. The lowest BCUT2D eigenvalue weighted by atomic mass is 10.2. The van der Waals surface area contributed by atoms with Gasteiger partial charge in [0.1, 0.15) is 0 Å². The van der Waals surface area contributed by atoms with Gasteiger partial charge in [-0.15, -0.1) is 0 Å². The fraction of sp³-hybridized carbons (Fsp3) is 0.400. The predicted octanol–water partition coefficient (Wildman–Crippen LogP) is 1.07. The number of ether oxygens (including phenoxy) is 2. The second kappa shape index (κ2) is 8.66. The van der Waals surface area contributed by atoms with Crippen molar-refractivity contribution in [1.82, 2.24) is 10.7 Å². The largest absolute Gasteiger partial charge is 0.493 e. The van der Waals surface area contributed by atoms with Crippen molar-refractivity contribution in [3.63, 3.8) is 0 Å². The molecule has 0 aliphatic heterocycles. The van der Waals surface area contributed by atoms with Crippen molar-refractivity contribution in [2.45, 2.75) is 26.3 Å². The molecule has 0 saturated heterocycles. The molecule has 0 spiro atoms. The van der Waals surface area contributed by atoms with Crippen LogP contribution in [0, 0.1) is 0 Å². The van der Waals surface area contributed by atoms with Crippen molar-refractivity contribution in [2.24, 2.45) is 5.10 Å². The van der Waals surface area contributed by atoms with E-state index in [-0.39, 0.29) is 6.04 Å². The zero-order valence-corrected chi connectivity index (χ0v) is 13.2. The third-order valence-electron chi connectivity index (χ3n) is 3.00. The van der Waals surface area contributed by atoms with E-state index < -0.39 is 11.8 Å². The molecule has 0 aromatic heterocycles. The van der Waals surface area contributed by atoms with Crippen LogP contribution in [0.25, 0.3) is 0 Å². The standard InChI is InChI=1S/C15H21N3O4/c1-5-10(2)17-14(19)15(20)18-16-9-11-7-6-8-12(21-3)13(11)22-4/h6-10H,5H2,1-4H3,(H,17,19)(H,18,20)/b16-9-/t10-/m0/s1. The molecule has 7 nitrogen and oxygen atoms in total. The zero-order valence-electron chi connectivity index (χ0n) is 13.2. The lowest BCUT2D eigenvalue weighted by Crippen LogP contribution is -2.41. The quantitative estimate of drug-likeness (QED) is 0.467. The summed E-state index contributed by atoms with van der Waals surface area (Å²) in [6.07, 6.45) is 2.12. The third kappa shape index (κ3) is 4.76. The predicted molar refractivity (Wildman–Crippen MR) is 83.2 cm³/mol. The lowest BCUT2D eigenvalue weighted by molar-refractivity contribution is -0.139. The summed E-state index contributed by atoms with van der Waals surface area (Å²) in [4.78, 5) is 23.1. The summed E-state index contributed by atoms with van der Waals surface area (Å²) in [5.74, 6) is -0.498. The molecule has 1 aromatic carbocycles. The van der Waals surface area contributed by atoms with Gasteiger partial charge in [-0.3, -0.25) is 9.59 Å². The van der Waals surface area contributed by atoms with Gasteiger partial charge in [0, 0.05) is 11.6 Å². The number of carbonyl (C=O) groups is 2. The molecule has 120 valence electrons. The van der Waals surface area contributed by atoms with E-state index in [1.54, 1.807) is 18.2 Å². The number of nitrogens with one attached hydrogen (secondary N) is 2. The minimum Gasteiger partial charge on any atom is -0.493 e. The van der Waals surface area contributed by atoms with Gasteiger partial charge in [0.05, 0.1) is 20.4 Å². The number of rotatable bonds is 6. The molecule has 0 saturated carbocycles. The molecule has 2 amide bonds. The number of carbonyl (C=O) groups excluding carboxylic acids is 2. The number of benzene rings is 1. The Morgan fingerprint density at radius 2 is 2.00 bits per heavy atom. The molecule has 2 N–H and O–H groups in total. The maximum Gasteiger partial charge on any atom is 0.329 e. The first-order valence-corrected chi connectivity index (χ1v) is 6.88. The zero-order chi connectivity index (χ0) is 16.5. The number of amides is 2. The Balaban J connectivity index is 2.70. The average Bonchev–Trinajstić information content (AvgIpc) is 2.53. The fourth-order valence-electron chi connectivity index (χ4n) is 1.62. The molecule has 0 radical (unpaired) electrons. The second-order valence-electron chi connectivity index (χ2n) is 4.56. The van der Waals surface area contributed by atoms with Crippen molar-refractivity contribution in [3.05, 3.63) is 23.8 Å². The number of hydrogen-bond donors (Lipinski definition) is 2. The van der Waals surface area contributed by atoms with E-state index >= 15 is 0 Å². The highest BCUT2D eigenvalue weighted by Gasteiger charge is 2.14. The molecule has 7 heteroatoms. The summed E-state index contributed by atoms with van der Waals surface area (Å²) in [5.41, 5.74) is 2.79. The Bertz CT molecular complexity index is 558. The van der Waals surface area contributed by atoms with E-state index in [0.29, 0.717) is 17.1 Å². The normalized spacial score (nSPS) is 11.8. The van der Waals surface area contributed by atoms with Crippen LogP contribution in [0.3, 0.4) is 0 Å². The van der Waals surface area contributed by atoms with Gasteiger partial charge < -0.3 is 14.8 Å². The molecule has 0 heterocycles. The minimum absolute atomic E-state index is 0.0688. The van der Waals surface area contributed by atoms with Gasteiger partial charge in [-0.25, -0.2) is 5.43 Å². The molecule has 1 atom stereocenters. The number of methoxy groups -OCH3 is 2. The number of hydrogen-bond acceptors (Lipinski definition) is 5. The molecule has 0 bridgehead atoms. The van der Waals surface area contributed by atoms with Crippen LogP contribution < -0.4 is 20.2 Å². The highest BCUT2D eigenvalue weighted by atomic mass is 16.5. The smallest absolute Gasteiger partial charge is 0.329 e. The Morgan fingerprint density at radius 1 is 1.27 bits per heavy atom. The SMILES string of the molecule is CC[C@H](C)NC(=O)C(=O)N/N=C\c1cccc(OC)c1OC.